The smallest absolute Gasteiger partial charge is 0.226 e. The van der Waals surface area contributed by atoms with Crippen LogP contribution in [0.15, 0.2) is 30.3 Å². The average molecular weight is 339 g/mol. The highest BCUT2D eigenvalue weighted by Gasteiger charge is 2.34. The summed E-state index contributed by atoms with van der Waals surface area (Å²) in [5, 5.41) is 0. The van der Waals surface area contributed by atoms with E-state index in [4.69, 9.17) is 4.74 Å². The molecule has 0 N–H and O–H groups in total. The number of nitrogens with zero attached hydrogens (tertiary/aromatic N) is 1. The van der Waals surface area contributed by atoms with Crippen LogP contribution in [-0.4, -0.2) is 49.9 Å². The summed E-state index contributed by atoms with van der Waals surface area (Å²) in [6.45, 7) is 3.00. The van der Waals surface area contributed by atoms with Crippen LogP contribution in [-0.2, 0) is 14.6 Å². The molecule has 0 aliphatic carbocycles. The number of ether oxygens (including phenoxy) is 1. The van der Waals surface area contributed by atoms with Crippen LogP contribution < -0.4 is 4.74 Å². The number of para-hydroxylation sites is 1. The molecule has 1 amide bonds. The fourth-order valence-electron chi connectivity index (χ4n) is 2.78. The molecule has 1 aliphatic heterocycles. The number of carbonyl (C=O) groups excluding carboxylic acids is 1. The summed E-state index contributed by atoms with van der Waals surface area (Å²) in [5.74, 6) is 1.01. The van der Waals surface area contributed by atoms with Crippen LogP contribution in [0.3, 0.4) is 0 Å². The van der Waals surface area contributed by atoms with Crippen molar-refractivity contribution in [3.63, 3.8) is 0 Å². The summed E-state index contributed by atoms with van der Waals surface area (Å²) in [6, 6.07) is 9.20. The molecule has 5 nitrogen and oxygen atoms in total. The molecule has 1 atom stereocenters. The van der Waals surface area contributed by atoms with Gasteiger partial charge in [0.2, 0.25) is 5.91 Å². The second-order valence-electron chi connectivity index (χ2n) is 5.91. The monoisotopic (exact) mass is 339 g/mol. The lowest BCUT2D eigenvalue weighted by Crippen LogP contribution is -2.42. The minimum absolute atomic E-state index is 0.0171. The number of benzene rings is 1. The molecule has 128 valence electrons. The van der Waals surface area contributed by atoms with Crippen LogP contribution in [0.25, 0.3) is 0 Å². The number of amides is 1. The molecule has 0 spiro atoms. The van der Waals surface area contributed by atoms with Gasteiger partial charge >= 0.3 is 0 Å². The number of unbranched alkanes of at least 4 members (excludes halogenated alkanes) is 1. The maximum Gasteiger partial charge on any atom is 0.226 e. The van der Waals surface area contributed by atoms with E-state index in [0.717, 1.165) is 18.6 Å². The van der Waals surface area contributed by atoms with Crippen LogP contribution in [0, 0.1) is 0 Å². The molecule has 1 unspecified atom stereocenters. The van der Waals surface area contributed by atoms with Crippen LogP contribution in [0.4, 0.5) is 0 Å². The highest BCUT2D eigenvalue weighted by Crippen LogP contribution is 2.19. The van der Waals surface area contributed by atoms with E-state index in [-0.39, 0.29) is 29.9 Å². The molecule has 23 heavy (non-hydrogen) atoms. The van der Waals surface area contributed by atoms with E-state index in [1.54, 1.807) is 4.90 Å². The van der Waals surface area contributed by atoms with Crippen LogP contribution >= 0.6 is 0 Å². The molecule has 0 saturated carbocycles. The lowest BCUT2D eigenvalue weighted by Gasteiger charge is -2.28. The summed E-state index contributed by atoms with van der Waals surface area (Å²) >= 11 is 0. The minimum atomic E-state index is -2.99. The highest BCUT2D eigenvalue weighted by atomic mass is 32.2. The standard InChI is InChI=1S/C17H25NO4S/c1-2-3-11-18(15-10-13-23(20,21)14-15)17(19)9-12-22-16-7-5-4-6-8-16/h4-8,15H,2-3,9-14H2,1H3. The highest BCUT2D eigenvalue weighted by molar-refractivity contribution is 7.91. The van der Waals surface area contributed by atoms with Gasteiger partial charge in [-0.15, -0.1) is 0 Å². The molecule has 1 aliphatic rings. The van der Waals surface area contributed by atoms with E-state index in [1.807, 2.05) is 30.3 Å². The lowest BCUT2D eigenvalue weighted by atomic mass is 10.2. The Labute approximate surface area is 138 Å². The van der Waals surface area contributed by atoms with E-state index in [0.29, 0.717) is 19.6 Å². The number of hydrogen-bond acceptors (Lipinski definition) is 4. The van der Waals surface area contributed by atoms with Gasteiger partial charge in [-0.1, -0.05) is 31.5 Å². The molecular formula is C17H25NO4S. The summed E-state index contributed by atoms with van der Waals surface area (Å²) < 4.78 is 28.9. The van der Waals surface area contributed by atoms with Crippen LogP contribution in [0.5, 0.6) is 5.75 Å². The third kappa shape index (κ3) is 5.53. The Balaban J connectivity index is 1.88. The molecular weight excluding hydrogens is 314 g/mol. The Kier molecular flexibility index (Phi) is 6.45. The third-order valence-corrected chi connectivity index (χ3v) is 5.80. The van der Waals surface area contributed by atoms with Gasteiger partial charge in [-0.25, -0.2) is 8.42 Å². The maximum absolute atomic E-state index is 12.5. The normalized spacial score (nSPS) is 19.4. The Hall–Kier alpha value is -1.56. The number of carbonyl (C=O) groups is 1. The van der Waals surface area contributed by atoms with Crippen molar-refractivity contribution < 1.29 is 17.9 Å². The second-order valence-corrected chi connectivity index (χ2v) is 8.14. The molecule has 0 radical (unpaired) electrons. The predicted octanol–water partition coefficient (Wildman–Crippen LogP) is 2.27. The molecule has 1 aromatic carbocycles. The van der Waals surface area contributed by atoms with Gasteiger partial charge in [-0.3, -0.25) is 4.79 Å². The Morgan fingerprint density at radius 1 is 1.30 bits per heavy atom. The van der Waals surface area contributed by atoms with Crippen molar-refractivity contribution >= 4 is 15.7 Å². The van der Waals surface area contributed by atoms with E-state index in [2.05, 4.69) is 6.92 Å². The molecule has 6 heteroatoms. The Morgan fingerprint density at radius 3 is 2.65 bits per heavy atom. The fraction of sp³-hybridized carbons (Fsp3) is 0.588. The van der Waals surface area contributed by atoms with E-state index >= 15 is 0 Å². The zero-order valence-corrected chi connectivity index (χ0v) is 14.4. The fourth-order valence-corrected chi connectivity index (χ4v) is 4.51. The molecule has 0 aromatic heterocycles. The molecule has 1 fully saturated rings. The molecule has 1 aromatic rings. The van der Waals surface area contributed by atoms with E-state index < -0.39 is 9.84 Å². The van der Waals surface area contributed by atoms with Gasteiger partial charge in [0.1, 0.15) is 5.75 Å². The summed E-state index contributed by atoms with van der Waals surface area (Å²) in [5.41, 5.74) is 0. The van der Waals surface area contributed by atoms with Crippen molar-refractivity contribution in [2.75, 3.05) is 24.7 Å². The topological polar surface area (TPSA) is 63.7 Å². The first-order chi connectivity index (χ1) is 11.0. The summed E-state index contributed by atoms with van der Waals surface area (Å²) in [7, 11) is -2.99. The third-order valence-electron chi connectivity index (χ3n) is 4.05. The summed E-state index contributed by atoms with van der Waals surface area (Å²) in [4.78, 5) is 14.2. The number of sulfone groups is 1. The quantitative estimate of drug-likeness (QED) is 0.729. The molecule has 2 rings (SSSR count). The molecule has 0 bridgehead atoms. The van der Waals surface area contributed by atoms with E-state index in [1.165, 1.54) is 0 Å². The van der Waals surface area contributed by atoms with Gasteiger partial charge in [0.15, 0.2) is 9.84 Å². The lowest BCUT2D eigenvalue weighted by molar-refractivity contribution is -0.133. The average Bonchev–Trinajstić information content (AvgIpc) is 2.88. The van der Waals surface area contributed by atoms with Crippen molar-refractivity contribution in [1.82, 2.24) is 4.90 Å². The number of hydrogen-bond donors (Lipinski definition) is 0. The SMILES string of the molecule is CCCCN(C(=O)CCOc1ccccc1)C1CCS(=O)(=O)C1. The van der Waals surface area contributed by atoms with Crippen molar-refractivity contribution in [1.29, 1.82) is 0 Å². The maximum atomic E-state index is 12.5. The van der Waals surface area contributed by atoms with Crippen LogP contribution in [0.1, 0.15) is 32.6 Å². The first-order valence-corrected chi connectivity index (χ1v) is 10.0. The first-order valence-electron chi connectivity index (χ1n) is 8.19. The van der Waals surface area contributed by atoms with Gasteiger partial charge in [0.25, 0.3) is 0 Å². The van der Waals surface area contributed by atoms with Gasteiger partial charge in [-0.2, -0.15) is 0 Å². The Bertz CT molecular complexity index is 600. The molecule has 1 saturated heterocycles. The van der Waals surface area contributed by atoms with Crippen molar-refractivity contribution in [3.8, 4) is 5.75 Å². The number of rotatable bonds is 8. The van der Waals surface area contributed by atoms with Gasteiger partial charge in [0, 0.05) is 12.6 Å². The van der Waals surface area contributed by atoms with Crippen LogP contribution in [0.2, 0.25) is 0 Å². The predicted molar refractivity (Wildman–Crippen MR) is 90.2 cm³/mol. The Morgan fingerprint density at radius 2 is 2.04 bits per heavy atom. The minimum Gasteiger partial charge on any atom is -0.493 e. The van der Waals surface area contributed by atoms with Gasteiger partial charge < -0.3 is 9.64 Å². The zero-order valence-electron chi connectivity index (χ0n) is 13.6. The first kappa shape index (κ1) is 17.8. The summed E-state index contributed by atoms with van der Waals surface area (Å²) in [6.07, 6.45) is 2.69. The largest absolute Gasteiger partial charge is 0.493 e. The second kappa shape index (κ2) is 8.34. The van der Waals surface area contributed by atoms with Crippen molar-refractivity contribution in [2.24, 2.45) is 0 Å². The molecule has 1 heterocycles. The zero-order chi connectivity index (χ0) is 16.7. The van der Waals surface area contributed by atoms with Gasteiger partial charge in [-0.05, 0) is 25.0 Å². The van der Waals surface area contributed by atoms with Crippen molar-refractivity contribution in [3.05, 3.63) is 30.3 Å². The van der Waals surface area contributed by atoms with E-state index in [9.17, 15) is 13.2 Å². The van der Waals surface area contributed by atoms with Gasteiger partial charge in [0.05, 0.1) is 24.5 Å². The van der Waals surface area contributed by atoms with Crippen molar-refractivity contribution in [2.45, 2.75) is 38.6 Å².